The van der Waals surface area contributed by atoms with Crippen LogP contribution in [-0.4, -0.2) is 5.11 Å². The number of benzene rings is 2. The van der Waals surface area contributed by atoms with Gasteiger partial charge in [-0.25, -0.2) is 0 Å². The SMILES string of the molecule is Cc1cc(O)c(C(C)(C)C)cc1Cc1cc2c(cc1C)OC2(C)C. The van der Waals surface area contributed by atoms with Gasteiger partial charge in [-0.2, -0.15) is 0 Å². The third kappa shape index (κ3) is 2.79. The predicted octanol–water partition coefficient (Wildman–Crippen LogP) is 5.52. The molecular weight excluding hydrogens is 296 g/mol. The number of phenols is 1. The molecule has 0 atom stereocenters. The van der Waals surface area contributed by atoms with Gasteiger partial charge in [-0.15, -0.1) is 0 Å². The molecule has 0 aromatic heterocycles. The molecule has 1 heterocycles. The Bertz CT molecular complexity index is 808. The summed E-state index contributed by atoms with van der Waals surface area (Å²) in [6.45, 7) is 14.8. The van der Waals surface area contributed by atoms with E-state index in [4.69, 9.17) is 4.74 Å². The van der Waals surface area contributed by atoms with E-state index in [-0.39, 0.29) is 11.0 Å². The molecule has 0 aliphatic carbocycles. The number of hydrogen-bond donors (Lipinski definition) is 1. The zero-order chi connectivity index (χ0) is 17.9. The van der Waals surface area contributed by atoms with Gasteiger partial charge in [0, 0.05) is 5.56 Å². The predicted molar refractivity (Wildman–Crippen MR) is 99.2 cm³/mol. The molecule has 0 unspecified atom stereocenters. The van der Waals surface area contributed by atoms with Gasteiger partial charge in [0.2, 0.25) is 0 Å². The number of phenolic OH excluding ortho intramolecular Hbond substituents is 1. The van der Waals surface area contributed by atoms with E-state index < -0.39 is 0 Å². The van der Waals surface area contributed by atoms with Gasteiger partial charge in [-0.3, -0.25) is 0 Å². The smallest absolute Gasteiger partial charge is 0.132 e. The summed E-state index contributed by atoms with van der Waals surface area (Å²) in [6, 6.07) is 8.51. The van der Waals surface area contributed by atoms with Crippen molar-refractivity contribution in [2.75, 3.05) is 0 Å². The van der Waals surface area contributed by atoms with Gasteiger partial charge < -0.3 is 9.84 Å². The van der Waals surface area contributed by atoms with Gasteiger partial charge in [-0.1, -0.05) is 26.8 Å². The van der Waals surface area contributed by atoms with Crippen LogP contribution in [0.25, 0.3) is 0 Å². The lowest BCUT2D eigenvalue weighted by Gasteiger charge is -2.39. The van der Waals surface area contributed by atoms with E-state index in [0.29, 0.717) is 5.75 Å². The van der Waals surface area contributed by atoms with Crippen LogP contribution in [0.5, 0.6) is 11.5 Å². The van der Waals surface area contributed by atoms with Crippen LogP contribution in [-0.2, 0) is 17.4 Å². The molecule has 128 valence electrons. The largest absolute Gasteiger partial charge is 0.508 e. The van der Waals surface area contributed by atoms with Gasteiger partial charge >= 0.3 is 0 Å². The first kappa shape index (κ1) is 16.9. The highest BCUT2D eigenvalue weighted by Gasteiger charge is 2.36. The lowest BCUT2D eigenvalue weighted by atomic mass is 9.82. The average Bonchev–Trinajstić information content (AvgIpc) is 2.42. The summed E-state index contributed by atoms with van der Waals surface area (Å²) in [5.74, 6) is 1.41. The van der Waals surface area contributed by atoms with E-state index in [1.165, 1.54) is 22.3 Å². The Morgan fingerprint density at radius 3 is 2.12 bits per heavy atom. The minimum Gasteiger partial charge on any atom is -0.508 e. The summed E-state index contributed by atoms with van der Waals surface area (Å²) < 4.78 is 5.83. The summed E-state index contributed by atoms with van der Waals surface area (Å²) in [6.07, 6.45) is 0.879. The Balaban J connectivity index is 2.02. The topological polar surface area (TPSA) is 29.5 Å². The quantitative estimate of drug-likeness (QED) is 0.787. The molecule has 0 saturated heterocycles. The van der Waals surface area contributed by atoms with Crippen molar-refractivity contribution < 1.29 is 9.84 Å². The fraction of sp³-hybridized carbons (Fsp3) is 0.455. The zero-order valence-electron chi connectivity index (χ0n) is 15.9. The first-order valence-electron chi connectivity index (χ1n) is 8.65. The van der Waals surface area contributed by atoms with Crippen LogP contribution in [0.4, 0.5) is 0 Å². The number of hydrogen-bond acceptors (Lipinski definition) is 2. The molecule has 0 fully saturated rings. The lowest BCUT2D eigenvalue weighted by Crippen LogP contribution is -2.35. The van der Waals surface area contributed by atoms with Crippen LogP contribution in [0.15, 0.2) is 24.3 Å². The fourth-order valence-corrected chi connectivity index (χ4v) is 3.49. The molecular formula is C22H28O2. The Morgan fingerprint density at radius 1 is 0.958 bits per heavy atom. The van der Waals surface area contributed by atoms with Crippen molar-refractivity contribution in [2.24, 2.45) is 0 Å². The van der Waals surface area contributed by atoms with Crippen molar-refractivity contribution in [1.29, 1.82) is 0 Å². The van der Waals surface area contributed by atoms with E-state index >= 15 is 0 Å². The number of aryl methyl sites for hydroxylation is 2. The van der Waals surface area contributed by atoms with Gasteiger partial charge in [0.15, 0.2) is 0 Å². The molecule has 1 aliphatic rings. The number of fused-ring (bicyclic) bond motifs is 1. The maximum Gasteiger partial charge on any atom is 0.132 e. The van der Waals surface area contributed by atoms with Gasteiger partial charge in [0.05, 0.1) is 0 Å². The second kappa shape index (κ2) is 5.27. The van der Waals surface area contributed by atoms with E-state index in [1.807, 2.05) is 6.07 Å². The maximum atomic E-state index is 10.3. The van der Waals surface area contributed by atoms with E-state index in [1.54, 1.807) is 0 Å². The van der Waals surface area contributed by atoms with Crippen molar-refractivity contribution >= 4 is 0 Å². The van der Waals surface area contributed by atoms with Crippen LogP contribution in [0.1, 0.15) is 68.0 Å². The highest BCUT2D eigenvalue weighted by molar-refractivity contribution is 5.53. The molecule has 0 spiro atoms. The van der Waals surface area contributed by atoms with E-state index in [2.05, 4.69) is 66.7 Å². The Hall–Kier alpha value is -1.96. The highest BCUT2D eigenvalue weighted by atomic mass is 16.5. The average molecular weight is 324 g/mol. The van der Waals surface area contributed by atoms with Crippen molar-refractivity contribution in [3.63, 3.8) is 0 Å². The van der Waals surface area contributed by atoms with Crippen LogP contribution in [0, 0.1) is 13.8 Å². The monoisotopic (exact) mass is 324 g/mol. The first-order chi connectivity index (χ1) is 11.0. The first-order valence-corrected chi connectivity index (χ1v) is 8.65. The van der Waals surface area contributed by atoms with Crippen LogP contribution >= 0.6 is 0 Å². The minimum atomic E-state index is -0.182. The molecule has 2 nitrogen and oxygen atoms in total. The molecule has 0 amide bonds. The normalized spacial score (nSPS) is 15.5. The molecule has 2 aromatic carbocycles. The van der Waals surface area contributed by atoms with Crippen molar-refractivity contribution in [3.05, 3.63) is 57.6 Å². The fourth-order valence-electron chi connectivity index (χ4n) is 3.49. The van der Waals surface area contributed by atoms with Crippen molar-refractivity contribution in [1.82, 2.24) is 0 Å². The molecule has 0 radical (unpaired) electrons. The molecule has 1 N–H and O–H groups in total. The Morgan fingerprint density at radius 2 is 1.54 bits per heavy atom. The molecule has 3 rings (SSSR count). The number of ether oxygens (including phenoxy) is 1. The third-order valence-electron chi connectivity index (χ3n) is 5.10. The highest BCUT2D eigenvalue weighted by Crippen LogP contribution is 2.45. The second-order valence-electron chi connectivity index (χ2n) is 8.61. The summed E-state index contributed by atoms with van der Waals surface area (Å²) in [7, 11) is 0. The molecule has 2 heteroatoms. The third-order valence-corrected chi connectivity index (χ3v) is 5.10. The number of aromatic hydroxyl groups is 1. The molecule has 0 saturated carbocycles. The van der Waals surface area contributed by atoms with Crippen molar-refractivity contribution in [2.45, 2.75) is 65.9 Å². The van der Waals surface area contributed by atoms with E-state index in [0.717, 1.165) is 23.3 Å². The molecule has 2 aromatic rings. The van der Waals surface area contributed by atoms with Crippen LogP contribution in [0.3, 0.4) is 0 Å². The number of rotatable bonds is 2. The standard InChI is InChI=1S/C22H28O2/c1-13-8-19(23)17(21(3,4)5)11-15(13)10-16-12-18-20(9-14(16)2)24-22(18,6)7/h8-9,11-12,23H,10H2,1-7H3. The van der Waals surface area contributed by atoms with Crippen LogP contribution in [0.2, 0.25) is 0 Å². The summed E-state index contributed by atoms with van der Waals surface area (Å²) >= 11 is 0. The molecule has 0 bridgehead atoms. The van der Waals surface area contributed by atoms with Crippen LogP contribution < -0.4 is 4.74 Å². The Kier molecular flexibility index (Phi) is 3.71. The molecule has 1 aliphatic heterocycles. The summed E-state index contributed by atoms with van der Waals surface area (Å²) in [4.78, 5) is 0. The minimum absolute atomic E-state index is 0.0716. The molecule has 24 heavy (non-hydrogen) atoms. The summed E-state index contributed by atoms with van der Waals surface area (Å²) in [5, 5.41) is 10.3. The van der Waals surface area contributed by atoms with Crippen molar-refractivity contribution in [3.8, 4) is 11.5 Å². The lowest BCUT2D eigenvalue weighted by molar-refractivity contribution is 0.0515. The Labute approximate surface area is 145 Å². The van der Waals surface area contributed by atoms with Gasteiger partial charge in [0.1, 0.15) is 17.1 Å². The summed E-state index contributed by atoms with van der Waals surface area (Å²) in [5.41, 5.74) is 7.05. The maximum absolute atomic E-state index is 10.3. The zero-order valence-corrected chi connectivity index (χ0v) is 15.9. The second-order valence-corrected chi connectivity index (χ2v) is 8.61. The van der Waals surface area contributed by atoms with Gasteiger partial charge in [-0.05, 0) is 85.5 Å². The van der Waals surface area contributed by atoms with Gasteiger partial charge in [0.25, 0.3) is 0 Å². The van der Waals surface area contributed by atoms with E-state index in [9.17, 15) is 5.11 Å².